The lowest BCUT2D eigenvalue weighted by atomic mass is 9.95. The van der Waals surface area contributed by atoms with E-state index in [1.807, 2.05) is 30.3 Å². The third-order valence-electron chi connectivity index (χ3n) is 5.85. The smallest absolute Gasteiger partial charge is 0.227 e. The molecular formula is C25H28N4O4. The summed E-state index contributed by atoms with van der Waals surface area (Å²) in [5, 5.41) is 3.00. The largest absolute Gasteiger partial charge is 0.497 e. The van der Waals surface area contributed by atoms with Gasteiger partial charge in [0.1, 0.15) is 29.4 Å². The number of nitrogens with zero attached hydrogens (tertiary/aromatic N) is 3. The Bertz CT molecular complexity index is 1070. The van der Waals surface area contributed by atoms with Crippen molar-refractivity contribution in [3.63, 3.8) is 0 Å². The second kappa shape index (κ2) is 10.2. The lowest BCUT2D eigenvalue weighted by Crippen LogP contribution is -2.38. The molecule has 0 unspecified atom stereocenters. The molecule has 0 aliphatic carbocycles. The molecule has 3 aromatic rings. The Morgan fingerprint density at radius 3 is 2.12 bits per heavy atom. The molecule has 33 heavy (non-hydrogen) atoms. The van der Waals surface area contributed by atoms with Gasteiger partial charge in [0.05, 0.1) is 27.0 Å². The number of benzene rings is 2. The van der Waals surface area contributed by atoms with E-state index in [0.717, 1.165) is 48.8 Å². The van der Waals surface area contributed by atoms with E-state index in [1.54, 1.807) is 45.9 Å². The van der Waals surface area contributed by atoms with Crippen molar-refractivity contribution in [2.75, 3.05) is 44.6 Å². The summed E-state index contributed by atoms with van der Waals surface area (Å²) >= 11 is 0. The predicted octanol–water partition coefficient (Wildman–Crippen LogP) is 4.02. The number of hydrogen-bond donors (Lipinski definition) is 1. The number of anilines is 2. The molecule has 2 heterocycles. The molecule has 0 saturated carbocycles. The monoisotopic (exact) mass is 448 g/mol. The fourth-order valence-electron chi connectivity index (χ4n) is 3.93. The van der Waals surface area contributed by atoms with E-state index < -0.39 is 0 Å². The summed E-state index contributed by atoms with van der Waals surface area (Å²) in [6, 6.07) is 15.1. The summed E-state index contributed by atoms with van der Waals surface area (Å²) in [5.74, 6) is 2.88. The van der Waals surface area contributed by atoms with E-state index in [4.69, 9.17) is 14.2 Å². The summed E-state index contributed by atoms with van der Waals surface area (Å²) in [6.07, 6.45) is 3.08. The highest BCUT2D eigenvalue weighted by Gasteiger charge is 2.26. The van der Waals surface area contributed by atoms with Crippen LogP contribution in [0, 0.1) is 5.92 Å². The molecule has 1 aliphatic rings. The van der Waals surface area contributed by atoms with Gasteiger partial charge in [-0.25, -0.2) is 9.97 Å². The van der Waals surface area contributed by atoms with Gasteiger partial charge in [-0.2, -0.15) is 0 Å². The van der Waals surface area contributed by atoms with E-state index in [2.05, 4.69) is 20.2 Å². The molecule has 1 N–H and O–H groups in total. The number of nitrogens with one attached hydrogen (secondary N) is 1. The maximum absolute atomic E-state index is 12.9. The number of ether oxygens (including phenoxy) is 3. The van der Waals surface area contributed by atoms with Gasteiger partial charge < -0.3 is 24.4 Å². The Kier molecular flexibility index (Phi) is 6.92. The minimum atomic E-state index is -0.0682. The quantitative estimate of drug-likeness (QED) is 0.584. The lowest BCUT2D eigenvalue weighted by molar-refractivity contribution is -0.120. The molecule has 4 rings (SSSR count). The molecule has 1 fully saturated rings. The van der Waals surface area contributed by atoms with Gasteiger partial charge in [0.15, 0.2) is 0 Å². The first-order valence-electron chi connectivity index (χ1n) is 10.8. The minimum absolute atomic E-state index is 0.00608. The number of piperidine rings is 1. The molecule has 172 valence electrons. The van der Waals surface area contributed by atoms with Gasteiger partial charge in [-0.15, -0.1) is 0 Å². The van der Waals surface area contributed by atoms with Crippen LogP contribution in [0.5, 0.6) is 17.2 Å². The first-order valence-corrected chi connectivity index (χ1v) is 10.8. The van der Waals surface area contributed by atoms with E-state index in [9.17, 15) is 4.79 Å². The summed E-state index contributed by atoms with van der Waals surface area (Å²) in [5.41, 5.74) is 2.52. The number of rotatable bonds is 7. The molecule has 2 aromatic carbocycles. The maximum Gasteiger partial charge on any atom is 0.227 e. The van der Waals surface area contributed by atoms with Crippen molar-refractivity contribution in [1.29, 1.82) is 0 Å². The zero-order valence-electron chi connectivity index (χ0n) is 19.1. The van der Waals surface area contributed by atoms with Crippen molar-refractivity contribution in [2.45, 2.75) is 12.8 Å². The molecule has 1 amide bonds. The van der Waals surface area contributed by atoms with Crippen LogP contribution >= 0.6 is 0 Å². The molecule has 1 saturated heterocycles. The molecule has 0 bridgehead atoms. The van der Waals surface area contributed by atoms with E-state index >= 15 is 0 Å². The van der Waals surface area contributed by atoms with Crippen LogP contribution in [0.2, 0.25) is 0 Å². The summed E-state index contributed by atoms with van der Waals surface area (Å²) in [4.78, 5) is 23.9. The number of hydrogen-bond acceptors (Lipinski definition) is 7. The fourth-order valence-corrected chi connectivity index (χ4v) is 3.93. The van der Waals surface area contributed by atoms with Gasteiger partial charge in [0.25, 0.3) is 0 Å². The van der Waals surface area contributed by atoms with E-state index in [-0.39, 0.29) is 11.8 Å². The third-order valence-corrected chi connectivity index (χ3v) is 5.85. The van der Waals surface area contributed by atoms with Crippen LogP contribution in [-0.4, -0.2) is 50.3 Å². The molecule has 0 atom stereocenters. The molecule has 1 aromatic heterocycles. The molecule has 8 nitrogen and oxygen atoms in total. The topological polar surface area (TPSA) is 85.8 Å². The summed E-state index contributed by atoms with van der Waals surface area (Å²) in [6.45, 7) is 1.50. The highest BCUT2D eigenvalue weighted by molar-refractivity contribution is 5.93. The van der Waals surface area contributed by atoms with Crippen molar-refractivity contribution >= 4 is 17.4 Å². The molecule has 8 heteroatoms. The number of carbonyl (C=O) groups excluding carboxylic acids is 1. The van der Waals surface area contributed by atoms with Crippen molar-refractivity contribution in [2.24, 2.45) is 5.92 Å². The second-order valence-corrected chi connectivity index (χ2v) is 7.84. The standard InChI is InChI=1S/C25H28N4O4/c1-31-20-6-4-17(5-7-20)23-15-24(27-16-26-23)29-10-8-18(9-11-29)25(30)28-19-12-21(32-2)14-22(13-19)33-3/h4-7,12-16,18H,8-11H2,1-3H3,(H,28,30). The van der Waals surface area contributed by atoms with Gasteiger partial charge in [0.2, 0.25) is 5.91 Å². The summed E-state index contributed by atoms with van der Waals surface area (Å²) < 4.78 is 15.8. The van der Waals surface area contributed by atoms with Gasteiger partial charge in [-0.1, -0.05) is 0 Å². The predicted molar refractivity (Wildman–Crippen MR) is 127 cm³/mol. The molecule has 0 radical (unpaired) electrons. The number of aromatic nitrogens is 2. The third kappa shape index (κ3) is 5.34. The van der Waals surface area contributed by atoms with Crippen molar-refractivity contribution < 1.29 is 19.0 Å². The first-order chi connectivity index (χ1) is 16.1. The Labute approximate surface area is 193 Å². The van der Waals surface area contributed by atoms with Crippen molar-refractivity contribution in [3.05, 3.63) is 54.9 Å². The Hall–Kier alpha value is -3.81. The Balaban J connectivity index is 1.38. The summed E-state index contributed by atoms with van der Waals surface area (Å²) in [7, 11) is 4.82. The SMILES string of the molecule is COc1ccc(-c2cc(N3CCC(C(=O)Nc4cc(OC)cc(OC)c4)CC3)ncn2)cc1. The van der Waals surface area contributed by atoms with Gasteiger partial charge in [-0.3, -0.25) is 4.79 Å². The van der Waals surface area contributed by atoms with Crippen LogP contribution in [0.3, 0.4) is 0 Å². The van der Waals surface area contributed by atoms with Gasteiger partial charge >= 0.3 is 0 Å². The van der Waals surface area contributed by atoms with Crippen LogP contribution < -0.4 is 24.4 Å². The van der Waals surface area contributed by atoms with E-state index in [1.165, 1.54) is 0 Å². The number of amides is 1. The average Bonchev–Trinajstić information content (AvgIpc) is 2.88. The molecule has 0 spiro atoms. The van der Waals surface area contributed by atoms with Crippen LogP contribution in [0.25, 0.3) is 11.3 Å². The van der Waals surface area contributed by atoms with Gasteiger partial charge in [-0.05, 0) is 37.1 Å². The molecule has 1 aliphatic heterocycles. The van der Waals surface area contributed by atoms with Gasteiger partial charge in [0, 0.05) is 54.5 Å². The zero-order valence-corrected chi connectivity index (χ0v) is 19.1. The highest BCUT2D eigenvalue weighted by Crippen LogP contribution is 2.29. The maximum atomic E-state index is 12.9. The minimum Gasteiger partial charge on any atom is -0.497 e. The number of carbonyl (C=O) groups is 1. The fraction of sp³-hybridized carbons (Fsp3) is 0.320. The number of methoxy groups -OCH3 is 3. The average molecular weight is 449 g/mol. The lowest BCUT2D eigenvalue weighted by Gasteiger charge is -2.32. The van der Waals surface area contributed by atoms with Crippen LogP contribution in [0.4, 0.5) is 11.5 Å². The second-order valence-electron chi connectivity index (χ2n) is 7.84. The van der Waals surface area contributed by atoms with Crippen molar-refractivity contribution in [1.82, 2.24) is 9.97 Å². The van der Waals surface area contributed by atoms with Crippen LogP contribution in [0.15, 0.2) is 54.9 Å². The molecular weight excluding hydrogens is 420 g/mol. The Morgan fingerprint density at radius 2 is 1.52 bits per heavy atom. The normalized spacial score (nSPS) is 14.0. The Morgan fingerprint density at radius 1 is 0.879 bits per heavy atom. The highest BCUT2D eigenvalue weighted by atomic mass is 16.5. The zero-order chi connectivity index (χ0) is 23.2. The van der Waals surface area contributed by atoms with E-state index in [0.29, 0.717) is 17.2 Å². The van der Waals surface area contributed by atoms with Crippen LogP contribution in [-0.2, 0) is 4.79 Å². The first kappa shape index (κ1) is 22.4. The van der Waals surface area contributed by atoms with Crippen LogP contribution in [0.1, 0.15) is 12.8 Å². The van der Waals surface area contributed by atoms with Crippen molar-refractivity contribution in [3.8, 4) is 28.5 Å².